The van der Waals surface area contributed by atoms with Crippen LogP contribution in [0.4, 0.5) is 5.13 Å². The lowest BCUT2D eigenvalue weighted by molar-refractivity contribution is -0.132. The van der Waals surface area contributed by atoms with Gasteiger partial charge in [0.05, 0.1) is 17.3 Å². The SMILES string of the molecule is Cc1nc(N2C(=O)C(=O)C(=C(O)c3ccccc3)[C@H]2c2ccc(Br)cc2)sc1C. The van der Waals surface area contributed by atoms with Crippen molar-refractivity contribution >= 4 is 49.8 Å². The first-order chi connectivity index (χ1) is 13.9. The van der Waals surface area contributed by atoms with E-state index in [0.717, 1.165) is 20.6 Å². The summed E-state index contributed by atoms with van der Waals surface area (Å²) in [6.45, 7) is 3.79. The van der Waals surface area contributed by atoms with Gasteiger partial charge in [-0.15, -0.1) is 11.3 Å². The highest BCUT2D eigenvalue weighted by Crippen LogP contribution is 2.43. The highest BCUT2D eigenvalue weighted by atomic mass is 79.9. The highest BCUT2D eigenvalue weighted by molar-refractivity contribution is 9.10. The summed E-state index contributed by atoms with van der Waals surface area (Å²) in [5, 5.41) is 11.4. The number of anilines is 1. The van der Waals surface area contributed by atoms with Crippen LogP contribution in [0.3, 0.4) is 0 Å². The molecule has 2 aromatic carbocycles. The monoisotopic (exact) mass is 468 g/mol. The van der Waals surface area contributed by atoms with E-state index in [4.69, 9.17) is 0 Å². The number of benzene rings is 2. The number of aliphatic hydroxyl groups excluding tert-OH is 1. The van der Waals surface area contributed by atoms with Crippen LogP contribution < -0.4 is 4.90 Å². The summed E-state index contributed by atoms with van der Waals surface area (Å²) >= 11 is 4.77. The molecular weight excluding hydrogens is 452 g/mol. The molecule has 2 heterocycles. The van der Waals surface area contributed by atoms with Crippen LogP contribution in [0.1, 0.15) is 27.7 Å². The number of aliphatic hydroxyl groups is 1. The van der Waals surface area contributed by atoms with Crippen molar-refractivity contribution in [2.75, 3.05) is 4.90 Å². The van der Waals surface area contributed by atoms with E-state index in [1.807, 2.05) is 44.2 Å². The molecular formula is C22H17BrN2O3S. The molecule has 0 spiro atoms. The number of hydrogen-bond donors (Lipinski definition) is 1. The van der Waals surface area contributed by atoms with Gasteiger partial charge in [0, 0.05) is 14.9 Å². The van der Waals surface area contributed by atoms with Crippen LogP contribution in [0.2, 0.25) is 0 Å². The zero-order chi connectivity index (χ0) is 20.7. The van der Waals surface area contributed by atoms with Crippen molar-refractivity contribution in [1.29, 1.82) is 0 Å². The third kappa shape index (κ3) is 3.41. The van der Waals surface area contributed by atoms with Gasteiger partial charge in [-0.25, -0.2) is 4.98 Å². The Kier molecular flexibility index (Phi) is 5.10. The maximum Gasteiger partial charge on any atom is 0.301 e. The summed E-state index contributed by atoms with van der Waals surface area (Å²) in [6, 6.07) is 15.4. The number of hydrogen-bond acceptors (Lipinski definition) is 5. The number of aryl methyl sites for hydroxylation is 2. The summed E-state index contributed by atoms with van der Waals surface area (Å²) in [4.78, 5) is 32.9. The highest BCUT2D eigenvalue weighted by Gasteiger charge is 2.48. The second-order valence-corrected chi connectivity index (χ2v) is 8.82. The largest absolute Gasteiger partial charge is 0.507 e. The Balaban J connectivity index is 1.95. The molecule has 0 aliphatic carbocycles. The molecule has 1 aliphatic heterocycles. The minimum Gasteiger partial charge on any atom is -0.507 e. The van der Waals surface area contributed by atoms with Gasteiger partial charge in [-0.05, 0) is 31.5 Å². The second kappa shape index (κ2) is 7.57. The van der Waals surface area contributed by atoms with Gasteiger partial charge in [-0.3, -0.25) is 14.5 Å². The van der Waals surface area contributed by atoms with Crippen molar-refractivity contribution in [2.45, 2.75) is 19.9 Å². The minimum absolute atomic E-state index is 0.0639. The molecule has 0 radical (unpaired) electrons. The van der Waals surface area contributed by atoms with E-state index in [-0.39, 0.29) is 11.3 Å². The molecule has 1 fully saturated rings. The first kappa shape index (κ1) is 19.5. The Bertz CT molecular complexity index is 1120. The number of halogens is 1. The number of amides is 1. The van der Waals surface area contributed by atoms with Crippen molar-refractivity contribution in [3.8, 4) is 0 Å². The molecule has 29 heavy (non-hydrogen) atoms. The van der Waals surface area contributed by atoms with E-state index < -0.39 is 17.7 Å². The molecule has 1 atom stereocenters. The quantitative estimate of drug-likeness (QED) is 0.327. The fraction of sp³-hybridized carbons (Fsp3) is 0.136. The molecule has 3 aromatic rings. The molecule has 1 aliphatic rings. The molecule has 1 amide bonds. The Labute approximate surface area is 180 Å². The minimum atomic E-state index is -0.756. The summed E-state index contributed by atoms with van der Waals surface area (Å²) in [7, 11) is 0. The molecule has 4 rings (SSSR count). The lowest BCUT2D eigenvalue weighted by Gasteiger charge is -2.23. The van der Waals surface area contributed by atoms with Gasteiger partial charge in [0.25, 0.3) is 5.78 Å². The number of carbonyl (C=O) groups is 2. The number of carbonyl (C=O) groups excluding carboxylic acids is 2. The third-order valence-corrected chi connectivity index (χ3v) is 6.50. The average molecular weight is 469 g/mol. The van der Waals surface area contributed by atoms with E-state index in [1.54, 1.807) is 24.3 Å². The first-order valence-corrected chi connectivity index (χ1v) is 10.6. The van der Waals surface area contributed by atoms with E-state index >= 15 is 0 Å². The number of rotatable bonds is 3. The van der Waals surface area contributed by atoms with Crippen molar-refractivity contribution in [3.05, 3.63) is 86.3 Å². The molecule has 1 N–H and O–H groups in total. The van der Waals surface area contributed by atoms with Gasteiger partial charge in [0.15, 0.2) is 5.13 Å². The second-order valence-electron chi connectivity index (χ2n) is 6.72. The summed E-state index contributed by atoms with van der Waals surface area (Å²) in [6.07, 6.45) is 0. The van der Waals surface area contributed by atoms with Crippen LogP contribution in [-0.2, 0) is 9.59 Å². The van der Waals surface area contributed by atoms with E-state index in [2.05, 4.69) is 20.9 Å². The van der Waals surface area contributed by atoms with Crippen molar-refractivity contribution < 1.29 is 14.7 Å². The fourth-order valence-electron chi connectivity index (χ4n) is 3.30. The fourth-order valence-corrected chi connectivity index (χ4v) is 4.50. The third-order valence-electron chi connectivity index (χ3n) is 4.90. The van der Waals surface area contributed by atoms with Gasteiger partial charge < -0.3 is 5.11 Å². The standard InChI is InChI=1S/C22H17BrN2O3S/c1-12-13(2)29-22(24-12)25-18(14-8-10-16(23)11-9-14)17(20(27)21(25)28)19(26)15-6-4-3-5-7-15/h3-11,18,26H,1-2H3/t18-/m1/s1. The Hall–Kier alpha value is -2.77. The van der Waals surface area contributed by atoms with E-state index in [9.17, 15) is 14.7 Å². The van der Waals surface area contributed by atoms with E-state index in [1.165, 1.54) is 16.2 Å². The Morgan fingerprint density at radius 3 is 2.31 bits per heavy atom. The number of Topliss-reactive ketones (excluding diaryl/α,β-unsaturated/α-hetero) is 1. The maximum atomic E-state index is 13.0. The van der Waals surface area contributed by atoms with Crippen LogP contribution in [0.5, 0.6) is 0 Å². The predicted octanol–water partition coefficient (Wildman–Crippen LogP) is 5.15. The normalized spacial score (nSPS) is 18.4. The molecule has 1 aromatic heterocycles. The Morgan fingerprint density at radius 2 is 1.72 bits per heavy atom. The van der Waals surface area contributed by atoms with Crippen LogP contribution >= 0.6 is 27.3 Å². The molecule has 0 bridgehead atoms. The molecule has 0 unspecified atom stereocenters. The van der Waals surface area contributed by atoms with Gasteiger partial charge in [-0.2, -0.15) is 0 Å². The van der Waals surface area contributed by atoms with Crippen LogP contribution in [0.25, 0.3) is 5.76 Å². The Morgan fingerprint density at radius 1 is 1.07 bits per heavy atom. The van der Waals surface area contributed by atoms with Crippen LogP contribution in [-0.4, -0.2) is 21.8 Å². The van der Waals surface area contributed by atoms with Crippen molar-refractivity contribution in [3.63, 3.8) is 0 Å². The number of aromatic nitrogens is 1. The predicted molar refractivity (Wildman–Crippen MR) is 117 cm³/mol. The maximum absolute atomic E-state index is 13.0. The lowest BCUT2D eigenvalue weighted by Crippen LogP contribution is -2.29. The zero-order valence-electron chi connectivity index (χ0n) is 15.7. The first-order valence-electron chi connectivity index (χ1n) is 8.94. The topological polar surface area (TPSA) is 70.5 Å². The molecule has 0 saturated carbocycles. The number of nitrogens with zero attached hydrogens (tertiary/aromatic N) is 2. The average Bonchev–Trinajstić information content (AvgIpc) is 3.18. The molecule has 7 heteroatoms. The zero-order valence-corrected chi connectivity index (χ0v) is 18.1. The molecule has 146 valence electrons. The summed E-state index contributed by atoms with van der Waals surface area (Å²) in [5.74, 6) is -1.60. The van der Waals surface area contributed by atoms with Crippen LogP contribution in [0.15, 0.2) is 64.6 Å². The molecule has 5 nitrogen and oxygen atoms in total. The lowest BCUT2D eigenvalue weighted by atomic mass is 9.95. The summed E-state index contributed by atoms with van der Waals surface area (Å²) < 4.78 is 0.877. The van der Waals surface area contributed by atoms with Crippen molar-refractivity contribution in [1.82, 2.24) is 4.98 Å². The smallest absolute Gasteiger partial charge is 0.301 e. The molecule has 1 saturated heterocycles. The van der Waals surface area contributed by atoms with Gasteiger partial charge in [0.1, 0.15) is 5.76 Å². The van der Waals surface area contributed by atoms with E-state index in [0.29, 0.717) is 10.7 Å². The van der Waals surface area contributed by atoms with Crippen LogP contribution in [0, 0.1) is 13.8 Å². The van der Waals surface area contributed by atoms with Gasteiger partial charge in [-0.1, -0.05) is 58.4 Å². The number of ketones is 1. The summed E-state index contributed by atoms with van der Waals surface area (Å²) in [5.41, 5.74) is 2.08. The van der Waals surface area contributed by atoms with Crippen molar-refractivity contribution in [2.24, 2.45) is 0 Å². The van der Waals surface area contributed by atoms with Gasteiger partial charge >= 0.3 is 5.91 Å². The van der Waals surface area contributed by atoms with Gasteiger partial charge in [0.2, 0.25) is 0 Å². The number of thiazole rings is 1.